The molecule has 2 fully saturated rings. The Kier molecular flexibility index (Phi) is 2.89. The van der Waals surface area contributed by atoms with Crippen molar-refractivity contribution in [2.24, 2.45) is 5.41 Å². The van der Waals surface area contributed by atoms with Gasteiger partial charge in [0.2, 0.25) is 0 Å². The molecule has 1 unspecified atom stereocenters. The molecule has 1 atom stereocenters. The zero-order valence-electron chi connectivity index (χ0n) is 8.55. The summed E-state index contributed by atoms with van der Waals surface area (Å²) in [5.41, 5.74) is 0.401. The van der Waals surface area contributed by atoms with Crippen molar-refractivity contribution in [1.29, 1.82) is 0 Å². The standard InChI is InChI=1S/C11H20O2/c1-11(5-3-2-4-6-11)10-9-12-7-8-13-10/h10H,2-9H2,1H3. The predicted octanol–water partition coefficient (Wildman–Crippen LogP) is 2.37. The molecule has 2 rings (SSSR count). The second-order valence-electron chi connectivity index (χ2n) is 4.65. The Labute approximate surface area is 80.6 Å². The van der Waals surface area contributed by atoms with Crippen LogP contribution in [-0.2, 0) is 9.47 Å². The van der Waals surface area contributed by atoms with Crippen LogP contribution in [0.1, 0.15) is 39.0 Å². The quantitative estimate of drug-likeness (QED) is 0.623. The van der Waals surface area contributed by atoms with Gasteiger partial charge in [0.1, 0.15) is 0 Å². The highest BCUT2D eigenvalue weighted by atomic mass is 16.6. The summed E-state index contributed by atoms with van der Waals surface area (Å²) in [7, 11) is 0. The average molecular weight is 184 g/mol. The first-order chi connectivity index (χ1) is 6.31. The maximum atomic E-state index is 5.80. The largest absolute Gasteiger partial charge is 0.376 e. The first kappa shape index (κ1) is 9.47. The summed E-state index contributed by atoms with van der Waals surface area (Å²) in [6.07, 6.45) is 7.15. The fourth-order valence-corrected chi connectivity index (χ4v) is 2.57. The molecular weight excluding hydrogens is 164 g/mol. The molecule has 2 nitrogen and oxygen atoms in total. The van der Waals surface area contributed by atoms with Crippen LogP contribution in [0.3, 0.4) is 0 Å². The van der Waals surface area contributed by atoms with Gasteiger partial charge in [-0.05, 0) is 18.3 Å². The van der Waals surface area contributed by atoms with Crippen molar-refractivity contribution < 1.29 is 9.47 Å². The van der Waals surface area contributed by atoms with E-state index >= 15 is 0 Å². The van der Waals surface area contributed by atoms with Crippen LogP contribution in [0, 0.1) is 5.41 Å². The van der Waals surface area contributed by atoms with Gasteiger partial charge in [0.05, 0.1) is 25.9 Å². The fourth-order valence-electron chi connectivity index (χ4n) is 2.57. The Morgan fingerprint density at radius 3 is 2.46 bits per heavy atom. The summed E-state index contributed by atoms with van der Waals surface area (Å²) >= 11 is 0. The minimum Gasteiger partial charge on any atom is -0.376 e. The van der Waals surface area contributed by atoms with Gasteiger partial charge in [0.15, 0.2) is 0 Å². The van der Waals surface area contributed by atoms with E-state index in [0.717, 1.165) is 19.8 Å². The van der Waals surface area contributed by atoms with Gasteiger partial charge in [-0.1, -0.05) is 26.2 Å². The van der Waals surface area contributed by atoms with Crippen LogP contribution in [0.25, 0.3) is 0 Å². The number of ether oxygens (including phenoxy) is 2. The lowest BCUT2D eigenvalue weighted by molar-refractivity contribution is -0.144. The van der Waals surface area contributed by atoms with Gasteiger partial charge in [-0.25, -0.2) is 0 Å². The maximum Gasteiger partial charge on any atom is 0.0863 e. The molecule has 0 amide bonds. The summed E-state index contributed by atoms with van der Waals surface area (Å²) in [5.74, 6) is 0. The lowest BCUT2D eigenvalue weighted by Crippen LogP contribution is -2.43. The highest BCUT2D eigenvalue weighted by Gasteiger charge is 2.37. The van der Waals surface area contributed by atoms with Crippen molar-refractivity contribution in [3.8, 4) is 0 Å². The minimum atomic E-state index is 0.363. The monoisotopic (exact) mass is 184 g/mol. The lowest BCUT2D eigenvalue weighted by Gasteiger charge is -2.42. The second kappa shape index (κ2) is 3.97. The molecule has 76 valence electrons. The van der Waals surface area contributed by atoms with E-state index in [4.69, 9.17) is 9.47 Å². The Bertz CT molecular complexity index is 155. The van der Waals surface area contributed by atoms with Gasteiger partial charge in [-0.15, -0.1) is 0 Å². The van der Waals surface area contributed by atoms with Crippen LogP contribution >= 0.6 is 0 Å². The third-order valence-electron chi connectivity index (χ3n) is 3.59. The highest BCUT2D eigenvalue weighted by Crippen LogP contribution is 2.40. The van der Waals surface area contributed by atoms with Crippen molar-refractivity contribution in [2.75, 3.05) is 19.8 Å². The molecule has 1 aliphatic heterocycles. The van der Waals surface area contributed by atoms with Crippen molar-refractivity contribution in [2.45, 2.75) is 45.1 Å². The molecular formula is C11H20O2. The van der Waals surface area contributed by atoms with Crippen molar-refractivity contribution in [3.05, 3.63) is 0 Å². The van der Waals surface area contributed by atoms with Crippen LogP contribution in [0.5, 0.6) is 0 Å². The number of hydrogen-bond donors (Lipinski definition) is 0. The maximum absolute atomic E-state index is 5.80. The van der Waals surface area contributed by atoms with Gasteiger partial charge in [-0.2, -0.15) is 0 Å². The van der Waals surface area contributed by atoms with E-state index in [1.54, 1.807) is 0 Å². The SMILES string of the molecule is CC1(C2COCCO2)CCCCC1. The summed E-state index contributed by atoms with van der Waals surface area (Å²) in [6.45, 7) is 4.76. The van der Waals surface area contributed by atoms with Crippen LogP contribution < -0.4 is 0 Å². The van der Waals surface area contributed by atoms with E-state index in [0.29, 0.717) is 11.5 Å². The summed E-state index contributed by atoms with van der Waals surface area (Å²) < 4.78 is 11.3. The molecule has 1 aliphatic carbocycles. The molecule has 0 radical (unpaired) electrons. The summed E-state index contributed by atoms with van der Waals surface area (Å²) in [6, 6.07) is 0. The van der Waals surface area contributed by atoms with Gasteiger partial charge < -0.3 is 9.47 Å². The topological polar surface area (TPSA) is 18.5 Å². The first-order valence-corrected chi connectivity index (χ1v) is 5.51. The normalized spacial score (nSPS) is 34.4. The van der Waals surface area contributed by atoms with Crippen LogP contribution in [0.2, 0.25) is 0 Å². The van der Waals surface area contributed by atoms with Crippen LogP contribution in [0.4, 0.5) is 0 Å². The molecule has 0 aromatic carbocycles. The number of rotatable bonds is 1. The lowest BCUT2D eigenvalue weighted by atomic mass is 9.72. The van der Waals surface area contributed by atoms with E-state index in [-0.39, 0.29) is 0 Å². The predicted molar refractivity (Wildman–Crippen MR) is 51.8 cm³/mol. The van der Waals surface area contributed by atoms with E-state index in [1.165, 1.54) is 32.1 Å². The van der Waals surface area contributed by atoms with E-state index in [2.05, 4.69) is 6.92 Å². The van der Waals surface area contributed by atoms with Crippen LogP contribution in [-0.4, -0.2) is 25.9 Å². The molecule has 1 saturated carbocycles. The zero-order valence-corrected chi connectivity index (χ0v) is 8.55. The van der Waals surface area contributed by atoms with Crippen LogP contribution in [0.15, 0.2) is 0 Å². The molecule has 0 aromatic heterocycles. The second-order valence-corrected chi connectivity index (χ2v) is 4.65. The Hall–Kier alpha value is -0.0800. The van der Waals surface area contributed by atoms with Crippen molar-refractivity contribution in [1.82, 2.24) is 0 Å². The third kappa shape index (κ3) is 2.05. The van der Waals surface area contributed by atoms with Crippen molar-refractivity contribution in [3.63, 3.8) is 0 Å². The molecule has 0 bridgehead atoms. The number of hydrogen-bond acceptors (Lipinski definition) is 2. The molecule has 1 heterocycles. The molecule has 0 aromatic rings. The molecule has 2 aliphatic rings. The smallest absolute Gasteiger partial charge is 0.0863 e. The van der Waals surface area contributed by atoms with E-state index in [1.807, 2.05) is 0 Å². The Balaban J connectivity index is 1.94. The fraction of sp³-hybridized carbons (Fsp3) is 1.00. The first-order valence-electron chi connectivity index (χ1n) is 5.51. The Morgan fingerprint density at radius 2 is 1.85 bits per heavy atom. The molecule has 0 N–H and O–H groups in total. The van der Waals surface area contributed by atoms with E-state index < -0.39 is 0 Å². The molecule has 2 heteroatoms. The van der Waals surface area contributed by atoms with E-state index in [9.17, 15) is 0 Å². The molecule has 1 saturated heterocycles. The average Bonchev–Trinajstić information content (AvgIpc) is 2.20. The van der Waals surface area contributed by atoms with Gasteiger partial charge in [-0.3, -0.25) is 0 Å². The van der Waals surface area contributed by atoms with Gasteiger partial charge in [0.25, 0.3) is 0 Å². The Morgan fingerprint density at radius 1 is 1.08 bits per heavy atom. The molecule has 0 spiro atoms. The summed E-state index contributed by atoms with van der Waals surface area (Å²) in [4.78, 5) is 0. The highest BCUT2D eigenvalue weighted by molar-refractivity contribution is 4.87. The zero-order chi connectivity index (χ0) is 9.15. The third-order valence-corrected chi connectivity index (χ3v) is 3.59. The summed E-state index contributed by atoms with van der Waals surface area (Å²) in [5, 5.41) is 0. The molecule has 13 heavy (non-hydrogen) atoms. The van der Waals surface area contributed by atoms with Gasteiger partial charge in [0, 0.05) is 0 Å². The van der Waals surface area contributed by atoms with Gasteiger partial charge >= 0.3 is 0 Å². The minimum absolute atomic E-state index is 0.363. The van der Waals surface area contributed by atoms with Crippen molar-refractivity contribution >= 4 is 0 Å².